The van der Waals surface area contributed by atoms with E-state index in [2.05, 4.69) is 65.1 Å². The molecule has 3 nitrogen and oxygen atoms in total. The molecule has 1 aromatic rings. The molecule has 0 amide bonds. The first-order valence-corrected chi connectivity index (χ1v) is 7.14. The minimum absolute atomic E-state index is 0.296. The highest BCUT2D eigenvalue weighted by atomic mass is 79.9. The highest BCUT2D eigenvalue weighted by molar-refractivity contribution is 9.10. The molecule has 1 unspecified atom stereocenters. The van der Waals surface area contributed by atoms with Crippen molar-refractivity contribution in [3.8, 4) is 0 Å². The minimum atomic E-state index is 0.296. The lowest BCUT2D eigenvalue weighted by molar-refractivity contribution is 0.235. The first-order valence-electron chi connectivity index (χ1n) is 6.35. The van der Waals surface area contributed by atoms with Gasteiger partial charge in [-0.05, 0) is 58.3 Å². The van der Waals surface area contributed by atoms with Crippen molar-refractivity contribution in [2.45, 2.75) is 12.5 Å². The quantitative estimate of drug-likeness (QED) is 0.838. The van der Waals surface area contributed by atoms with Gasteiger partial charge in [-0.15, -0.1) is 0 Å². The van der Waals surface area contributed by atoms with Gasteiger partial charge in [0.15, 0.2) is 0 Å². The van der Waals surface area contributed by atoms with Crippen molar-refractivity contribution in [1.82, 2.24) is 9.80 Å². The van der Waals surface area contributed by atoms with E-state index in [0.29, 0.717) is 12.6 Å². The van der Waals surface area contributed by atoms with Crippen LogP contribution in [0.5, 0.6) is 0 Å². The van der Waals surface area contributed by atoms with Crippen LogP contribution >= 0.6 is 15.9 Å². The fourth-order valence-corrected chi connectivity index (χ4v) is 2.49. The monoisotopic (exact) mass is 313 g/mol. The van der Waals surface area contributed by atoms with Crippen molar-refractivity contribution in [3.63, 3.8) is 0 Å². The number of halogens is 1. The van der Waals surface area contributed by atoms with Gasteiger partial charge in [-0.3, -0.25) is 4.90 Å². The Labute approximate surface area is 119 Å². The van der Waals surface area contributed by atoms with Crippen molar-refractivity contribution in [3.05, 3.63) is 34.3 Å². The van der Waals surface area contributed by atoms with E-state index in [1.807, 2.05) is 6.07 Å². The summed E-state index contributed by atoms with van der Waals surface area (Å²) < 4.78 is 1.11. The first kappa shape index (κ1) is 15.6. The number of likely N-dealkylation sites (N-methyl/N-ethyl adjacent to an activating group) is 1. The maximum Gasteiger partial charge on any atom is 0.0467 e. The first-order chi connectivity index (χ1) is 8.54. The summed E-state index contributed by atoms with van der Waals surface area (Å²) in [5.74, 6) is 0. The second kappa shape index (κ2) is 7.89. The number of benzene rings is 1. The van der Waals surface area contributed by atoms with E-state index in [-0.39, 0.29) is 0 Å². The molecule has 0 aromatic heterocycles. The third-order valence-corrected chi connectivity index (χ3v) is 3.60. The average Bonchev–Trinajstić information content (AvgIpc) is 2.29. The van der Waals surface area contributed by atoms with Crippen molar-refractivity contribution in [2.75, 3.05) is 40.8 Å². The largest absolute Gasteiger partial charge is 0.329 e. The summed E-state index contributed by atoms with van der Waals surface area (Å²) in [7, 11) is 6.36. The minimum Gasteiger partial charge on any atom is -0.329 e. The van der Waals surface area contributed by atoms with Gasteiger partial charge in [-0.25, -0.2) is 0 Å². The standard InChI is InChI=1S/C14H24BrN3/c1-17(2)8-5-9-18(3)14(11-16)12-6-4-7-13(15)10-12/h4,6-7,10,14H,5,8-9,11,16H2,1-3H3. The van der Waals surface area contributed by atoms with Crippen molar-refractivity contribution >= 4 is 15.9 Å². The molecule has 1 rings (SSSR count). The molecule has 0 fully saturated rings. The van der Waals surface area contributed by atoms with E-state index >= 15 is 0 Å². The van der Waals surface area contributed by atoms with E-state index in [4.69, 9.17) is 5.73 Å². The van der Waals surface area contributed by atoms with Gasteiger partial charge in [-0.2, -0.15) is 0 Å². The van der Waals surface area contributed by atoms with E-state index in [9.17, 15) is 0 Å². The zero-order chi connectivity index (χ0) is 13.5. The van der Waals surface area contributed by atoms with Crippen molar-refractivity contribution in [1.29, 1.82) is 0 Å². The van der Waals surface area contributed by atoms with E-state index in [1.54, 1.807) is 0 Å². The number of rotatable bonds is 7. The summed E-state index contributed by atoms with van der Waals surface area (Å²) >= 11 is 3.51. The van der Waals surface area contributed by atoms with Crippen molar-refractivity contribution < 1.29 is 0 Å². The third kappa shape index (κ3) is 5.06. The maximum absolute atomic E-state index is 5.92. The van der Waals surface area contributed by atoms with Crippen LogP contribution in [0.25, 0.3) is 0 Å². The zero-order valence-electron chi connectivity index (χ0n) is 11.6. The molecule has 0 aliphatic heterocycles. The highest BCUT2D eigenvalue weighted by Crippen LogP contribution is 2.21. The molecular weight excluding hydrogens is 290 g/mol. The number of nitrogens with two attached hydrogens (primary N) is 1. The van der Waals surface area contributed by atoms with Gasteiger partial charge < -0.3 is 10.6 Å². The van der Waals surface area contributed by atoms with Gasteiger partial charge in [-0.1, -0.05) is 28.1 Å². The second-order valence-electron chi connectivity index (χ2n) is 4.94. The molecular formula is C14H24BrN3. The molecule has 102 valence electrons. The summed E-state index contributed by atoms with van der Waals surface area (Å²) in [6.07, 6.45) is 1.16. The maximum atomic E-state index is 5.92. The smallest absolute Gasteiger partial charge is 0.0467 e. The third-order valence-electron chi connectivity index (χ3n) is 3.10. The SMILES string of the molecule is CN(C)CCCN(C)C(CN)c1cccc(Br)c1. The lowest BCUT2D eigenvalue weighted by Crippen LogP contribution is -2.32. The summed E-state index contributed by atoms with van der Waals surface area (Å²) in [5, 5.41) is 0. The van der Waals surface area contributed by atoms with Gasteiger partial charge in [0.2, 0.25) is 0 Å². The Morgan fingerprint density at radius 1 is 1.22 bits per heavy atom. The summed E-state index contributed by atoms with van der Waals surface area (Å²) in [6.45, 7) is 2.82. The Hall–Kier alpha value is -0.420. The van der Waals surface area contributed by atoms with Crippen LogP contribution in [-0.4, -0.2) is 50.6 Å². The van der Waals surface area contributed by atoms with Crippen LogP contribution in [0.15, 0.2) is 28.7 Å². The molecule has 0 radical (unpaired) electrons. The van der Waals surface area contributed by atoms with Crippen molar-refractivity contribution in [2.24, 2.45) is 5.73 Å². The van der Waals surface area contributed by atoms with Gasteiger partial charge in [0, 0.05) is 17.1 Å². The van der Waals surface area contributed by atoms with E-state index in [1.165, 1.54) is 5.56 Å². The number of nitrogens with zero attached hydrogens (tertiary/aromatic N) is 2. The topological polar surface area (TPSA) is 32.5 Å². The van der Waals surface area contributed by atoms with Gasteiger partial charge in [0.25, 0.3) is 0 Å². The Morgan fingerprint density at radius 3 is 2.50 bits per heavy atom. The Kier molecular flexibility index (Phi) is 6.86. The molecule has 18 heavy (non-hydrogen) atoms. The Bertz CT molecular complexity index is 355. The Morgan fingerprint density at radius 2 is 1.94 bits per heavy atom. The predicted molar refractivity (Wildman–Crippen MR) is 81.7 cm³/mol. The molecule has 0 saturated heterocycles. The lowest BCUT2D eigenvalue weighted by Gasteiger charge is -2.28. The fourth-order valence-electron chi connectivity index (χ4n) is 2.08. The summed E-state index contributed by atoms with van der Waals surface area (Å²) in [6, 6.07) is 8.70. The zero-order valence-corrected chi connectivity index (χ0v) is 13.2. The second-order valence-corrected chi connectivity index (χ2v) is 5.86. The fraction of sp³-hybridized carbons (Fsp3) is 0.571. The van der Waals surface area contributed by atoms with Crippen LogP contribution in [0.3, 0.4) is 0 Å². The van der Waals surface area contributed by atoms with Gasteiger partial charge in [0.1, 0.15) is 0 Å². The van der Waals surface area contributed by atoms with Crippen LogP contribution in [0.4, 0.5) is 0 Å². The van der Waals surface area contributed by atoms with Gasteiger partial charge in [0.05, 0.1) is 0 Å². The molecule has 0 spiro atoms. The average molecular weight is 314 g/mol. The van der Waals surface area contributed by atoms with Gasteiger partial charge >= 0.3 is 0 Å². The van der Waals surface area contributed by atoms with E-state index < -0.39 is 0 Å². The number of hydrogen-bond acceptors (Lipinski definition) is 3. The molecule has 1 aromatic carbocycles. The van der Waals surface area contributed by atoms with Crippen LogP contribution in [0.2, 0.25) is 0 Å². The van der Waals surface area contributed by atoms with Crippen LogP contribution in [0, 0.1) is 0 Å². The summed E-state index contributed by atoms with van der Waals surface area (Å²) in [4.78, 5) is 4.55. The van der Waals surface area contributed by atoms with E-state index in [0.717, 1.165) is 24.0 Å². The number of hydrogen-bond donors (Lipinski definition) is 1. The molecule has 0 aliphatic carbocycles. The summed E-state index contributed by atoms with van der Waals surface area (Å²) in [5.41, 5.74) is 7.20. The van der Waals surface area contributed by atoms with Crippen LogP contribution < -0.4 is 5.73 Å². The molecule has 0 heterocycles. The molecule has 0 aliphatic rings. The predicted octanol–water partition coefficient (Wildman–Crippen LogP) is 2.33. The Balaban J connectivity index is 2.59. The molecule has 1 atom stereocenters. The highest BCUT2D eigenvalue weighted by Gasteiger charge is 2.15. The van der Waals surface area contributed by atoms with Crippen LogP contribution in [0.1, 0.15) is 18.0 Å². The lowest BCUT2D eigenvalue weighted by atomic mass is 10.1. The molecule has 0 saturated carbocycles. The normalized spacial score (nSPS) is 13.3. The van der Waals surface area contributed by atoms with Crippen LogP contribution in [-0.2, 0) is 0 Å². The molecule has 2 N–H and O–H groups in total. The molecule has 0 bridgehead atoms. The molecule has 4 heteroatoms.